The zero-order chi connectivity index (χ0) is 15.1. The van der Waals surface area contributed by atoms with Gasteiger partial charge in [-0.1, -0.05) is 19.1 Å². The summed E-state index contributed by atoms with van der Waals surface area (Å²) in [5, 5.41) is 15.6. The summed E-state index contributed by atoms with van der Waals surface area (Å²) in [5.41, 5.74) is 1.21. The van der Waals surface area contributed by atoms with E-state index < -0.39 is 0 Å². The first-order valence-electron chi connectivity index (χ1n) is 7.33. The summed E-state index contributed by atoms with van der Waals surface area (Å²) in [5.74, 6) is 1.68. The number of aryl methyl sites for hydroxylation is 2. The molecule has 6 heteroatoms. The molecule has 114 valence electrons. The molecular weight excluding hydrogens is 266 g/mol. The number of likely N-dealkylation sites (N-methyl/N-ethyl adjacent to an activating group) is 1. The molecule has 0 fully saturated rings. The third-order valence-electron chi connectivity index (χ3n) is 3.20. The molecule has 0 aliphatic rings. The van der Waals surface area contributed by atoms with Gasteiger partial charge in [0, 0.05) is 12.5 Å². The molecular formula is C15H23N5O. The molecule has 0 saturated heterocycles. The van der Waals surface area contributed by atoms with Gasteiger partial charge in [-0.25, -0.2) is 0 Å². The van der Waals surface area contributed by atoms with E-state index in [2.05, 4.69) is 40.6 Å². The smallest absolute Gasteiger partial charge is 0.176 e. The maximum absolute atomic E-state index is 5.80. The van der Waals surface area contributed by atoms with Crippen LogP contribution in [0, 0.1) is 6.92 Å². The summed E-state index contributed by atoms with van der Waals surface area (Å²) in [6.45, 7) is 5.74. The first kappa shape index (κ1) is 15.4. The number of ether oxygens (including phenoxy) is 1. The highest BCUT2D eigenvalue weighted by Crippen LogP contribution is 2.13. The van der Waals surface area contributed by atoms with E-state index in [4.69, 9.17) is 4.74 Å². The zero-order valence-corrected chi connectivity index (χ0v) is 12.9. The third kappa shape index (κ3) is 5.15. The average Bonchev–Trinajstić information content (AvgIpc) is 2.84. The number of aromatic nitrogens is 4. The van der Waals surface area contributed by atoms with Crippen molar-refractivity contribution in [2.24, 2.45) is 7.05 Å². The molecule has 0 radical (unpaired) electrons. The lowest BCUT2D eigenvalue weighted by molar-refractivity contribution is 0.284. The Hall–Kier alpha value is -1.95. The Morgan fingerprint density at radius 2 is 2.24 bits per heavy atom. The lowest BCUT2D eigenvalue weighted by atomic mass is 10.1. The van der Waals surface area contributed by atoms with Crippen LogP contribution in [-0.2, 0) is 13.5 Å². The molecule has 0 aliphatic carbocycles. The normalized spacial score (nSPS) is 12.3. The van der Waals surface area contributed by atoms with Crippen LogP contribution in [0.25, 0.3) is 0 Å². The van der Waals surface area contributed by atoms with E-state index in [1.54, 1.807) is 7.05 Å². The number of hydrogen-bond donors (Lipinski definition) is 1. The lowest BCUT2D eigenvalue weighted by Gasteiger charge is -2.16. The van der Waals surface area contributed by atoms with Crippen molar-refractivity contribution in [3.05, 3.63) is 35.7 Å². The second-order valence-corrected chi connectivity index (χ2v) is 5.11. The van der Waals surface area contributed by atoms with E-state index in [0.29, 0.717) is 12.6 Å². The number of rotatable bonds is 8. The fourth-order valence-electron chi connectivity index (χ4n) is 2.21. The van der Waals surface area contributed by atoms with Crippen molar-refractivity contribution >= 4 is 0 Å². The summed E-state index contributed by atoms with van der Waals surface area (Å²) in [7, 11) is 1.78. The van der Waals surface area contributed by atoms with Crippen LogP contribution in [0.3, 0.4) is 0 Å². The quantitative estimate of drug-likeness (QED) is 0.798. The van der Waals surface area contributed by atoms with Gasteiger partial charge in [0.15, 0.2) is 5.82 Å². The van der Waals surface area contributed by atoms with Gasteiger partial charge in [0.25, 0.3) is 0 Å². The van der Waals surface area contributed by atoms with Crippen LogP contribution in [0.15, 0.2) is 24.3 Å². The van der Waals surface area contributed by atoms with E-state index in [1.807, 2.05) is 18.2 Å². The summed E-state index contributed by atoms with van der Waals surface area (Å²) in [6.07, 6.45) is 1.67. The van der Waals surface area contributed by atoms with Crippen molar-refractivity contribution in [3.8, 4) is 5.75 Å². The fraction of sp³-hybridized carbons (Fsp3) is 0.533. The zero-order valence-electron chi connectivity index (χ0n) is 12.9. The van der Waals surface area contributed by atoms with E-state index in [9.17, 15) is 0 Å². The molecule has 1 heterocycles. The standard InChI is InChI=1S/C15H23N5O/c1-4-16-13(11-15-17-19-20(3)18-15)8-9-21-14-7-5-6-12(2)10-14/h5-7,10,13,16H,4,8-9,11H2,1-3H3. The third-order valence-corrected chi connectivity index (χ3v) is 3.20. The molecule has 21 heavy (non-hydrogen) atoms. The number of nitrogens with one attached hydrogen (secondary N) is 1. The predicted molar refractivity (Wildman–Crippen MR) is 81.3 cm³/mol. The second kappa shape index (κ2) is 7.73. The topological polar surface area (TPSA) is 64.9 Å². The summed E-state index contributed by atoms with van der Waals surface area (Å²) in [6, 6.07) is 8.40. The highest BCUT2D eigenvalue weighted by atomic mass is 16.5. The van der Waals surface area contributed by atoms with Crippen LogP contribution in [0.5, 0.6) is 5.75 Å². The summed E-state index contributed by atoms with van der Waals surface area (Å²) >= 11 is 0. The monoisotopic (exact) mass is 289 g/mol. The average molecular weight is 289 g/mol. The molecule has 2 aromatic rings. The van der Waals surface area contributed by atoms with Gasteiger partial charge in [-0.2, -0.15) is 4.80 Å². The first-order chi connectivity index (χ1) is 10.2. The Morgan fingerprint density at radius 3 is 2.90 bits per heavy atom. The van der Waals surface area contributed by atoms with Crippen LogP contribution >= 0.6 is 0 Å². The van der Waals surface area contributed by atoms with Crippen LogP contribution in [0.4, 0.5) is 0 Å². The van der Waals surface area contributed by atoms with Gasteiger partial charge in [0.1, 0.15) is 5.75 Å². The van der Waals surface area contributed by atoms with E-state index in [0.717, 1.165) is 31.0 Å². The molecule has 2 rings (SSSR count). The Kier molecular flexibility index (Phi) is 5.68. The molecule has 1 aromatic carbocycles. The van der Waals surface area contributed by atoms with Gasteiger partial charge in [-0.3, -0.25) is 0 Å². The first-order valence-corrected chi connectivity index (χ1v) is 7.33. The molecule has 0 bridgehead atoms. The second-order valence-electron chi connectivity index (χ2n) is 5.11. The molecule has 1 N–H and O–H groups in total. The molecule has 1 unspecified atom stereocenters. The SMILES string of the molecule is CCNC(CCOc1cccc(C)c1)Cc1nnn(C)n1. The number of nitrogens with zero attached hydrogens (tertiary/aromatic N) is 4. The highest BCUT2D eigenvalue weighted by molar-refractivity contribution is 5.27. The summed E-state index contributed by atoms with van der Waals surface area (Å²) < 4.78 is 5.80. The Morgan fingerprint density at radius 1 is 1.38 bits per heavy atom. The van der Waals surface area contributed by atoms with Gasteiger partial charge >= 0.3 is 0 Å². The van der Waals surface area contributed by atoms with Gasteiger partial charge in [0.05, 0.1) is 13.7 Å². The van der Waals surface area contributed by atoms with E-state index >= 15 is 0 Å². The molecule has 6 nitrogen and oxygen atoms in total. The van der Waals surface area contributed by atoms with Crippen LogP contribution in [0.1, 0.15) is 24.7 Å². The van der Waals surface area contributed by atoms with Crippen LogP contribution in [-0.4, -0.2) is 39.4 Å². The molecule has 0 saturated carbocycles. The number of hydrogen-bond acceptors (Lipinski definition) is 5. The Balaban J connectivity index is 1.82. The van der Waals surface area contributed by atoms with Gasteiger partial charge < -0.3 is 10.1 Å². The van der Waals surface area contributed by atoms with Crippen molar-refractivity contribution in [1.29, 1.82) is 0 Å². The highest BCUT2D eigenvalue weighted by Gasteiger charge is 2.12. The van der Waals surface area contributed by atoms with Crippen LogP contribution in [0.2, 0.25) is 0 Å². The number of tetrazole rings is 1. The minimum Gasteiger partial charge on any atom is -0.494 e. The Labute approximate surface area is 125 Å². The molecule has 1 aromatic heterocycles. The predicted octanol–water partition coefficient (Wildman–Crippen LogP) is 1.51. The van der Waals surface area contributed by atoms with Crippen molar-refractivity contribution in [1.82, 2.24) is 25.5 Å². The maximum Gasteiger partial charge on any atom is 0.176 e. The van der Waals surface area contributed by atoms with Gasteiger partial charge in [0.2, 0.25) is 0 Å². The van der Waals surface area contributed by atoms with Gasteiger partial charge in [-0.15, -0.1) is 10.2 Å². The van der Waals surface area contributed by atoms with E-state index in [1.165, 1.54) is 10.4 Å². The maximum atomic E-state index is 5.80. The Bertz CT molecular complexity index is 555. The van der Waals surface area contributed by atoms with Crippen molar-refractivity contribution in [3.63, 3.8) is 0 Å². The summed E-state index contributed by atoms with van der Waals surface area (Å²) in [4.78, 5) is 1.49. The molecule has 1 atom stereocenters. The van der Waals surface area contributed by atoms with Crippen molar-refractivity contribution in [2.75, 3.05) is 13.2 Å². The van der Waals surface area contributed by atoms with E-state index in [-0.39, 0.29) is 0 Å². The fourth-order valence-corrected chi connectivity index (χ4v) is 2.21. The van der Waals surface area contributed by atoms with Gasteiger partial charge in [-0.05, 0) is 42.8 Å². The molecule has 0 amide bonds. The minimum absolute atomic E-state index is 0.295. The lowest BCUT2D eigenvalue weighted by Crippen LogP contribution is -2.33. The largest absolute Gasteiger partial charge is 0.494 e. The van der Waals surface area contributed by atoms with Crippen molar-refractivity contribution < 1.29 is 4.74 Å². The number of benzene rings is 1. The van der Waals surface area contributed by atoms with Crippen LogP contribution < -0.4 is 10.1 Å². The van der Waals surface area contributed by atoms with Crippen molar-refractivity contribution in [2.45, 2.75) is 32.7 Å². The molecule has 0 aliphatic heterocycles. The minimum atomic E-state index is 0.295. The molecule has 0 spiro atoms.